The monoisotopic (exact) mass is 262 g/mol. The third-order valence-corrected chi connectivity index (χ3v) is 4.22. The number of carbonyl (C=O) groups is 1. The van der Waals surface area contributed by atoms with E-state index in [1.54, 1.807) is 12.1 Å². The third kappa shape index (κ3) is 2.51. The van der Waals surface area contributed by atoms with Crippen molar-refractivity contribution in [1.29, 1.82) is 0 Å². The maximum Gasteiger partial charge on any atom is 0.148 e. The number of fused-ring (bicyclic) bond motifs is 1. The van der Waals surface area contributed by atoms with Gasteiger partial charge in [-0.15, -0.1) is 0 Å². The Labute approximate surface area is 112 Å². The summed E-state index contributed by atoms with van der Waals surface area (Å²) < 4.78 is 11.4. The first kappa shape index (κ1) is 12.6. The highest BCUT2D eigenvalue weighted by atomic mass is 16.7. The van der Waals surface area contributed by atoms with Crippen LogP contribution in [0, 0.1) is 0 Å². The van der Waals surface area contributed by atoms with Gasteiger partial charge in [0.1, 0.15) is 18.3 Å². The molecule has 4 heteroatoms. The van der Waals surface area contributed by atoms with Gasteiger partial charge in [0.25, 0.3) is 0 Å². The van der Waals surface area contributed by atoms with Crippen molar-refractivity contribution in [3.63, 3.8) is 0 Å². The summed E-state index contributed by atoms with van der Waals surface area (Å²) in [5, 5.41) is 9.27. The SMILES string of the molecule is O=C1CC[C@]2(CCc3ccc(O)cc3)OCOC2C1. The Morgan fingerprint density at radius 2 is 2.11 bits per heavy atom. The van der Waals surface area contributed by atoms with Crippen LogP contribution in [-0.4, -0.2) is 29.4 Å². The largest absolute Gasteiger partial charge is 0.508 e. The average molecular weight is 262 g/mol. The number of phenolic OH excluding ortho intramolecular Hbond substituents is 1. The van der Waals surface area contributed by atoms with Crippen LogP contribution in [0.25, 0.3) is 0 Å². The van der Waals surface area contributed by atoms with Gasteiger partial charge in [0.2, 0.25) is 0 Å². The zero-order valence-electron chi connectivity index (χ0n) is 10.8. The molecule has 102 valence electrons. The lowest BCUT2D eigenvalue weighted by atomic mass is 9.78. The van der Waals surface area contributed by atoms with Crippen LogP contribution in [0.3, 0.4) is 0 Å². The molecule has 1 N–H and O–H groups in total. The van der Waals surface area contributed by atoms with Gasteiger partial charge in [-0.25, -0.2) is 0 Å². The van der Waals surface area contributed by atoms with Crippen LogP contribution < -0.4 is 0 Å². The standard InChI is InChI=1S/C15H18O4/c16-12-3-1-11(2-4-12)5-7-15-8-6-13(17)9-14(15)18-10-19-15/h1-4,14,16H,5-10H2/t14?,15-/m0/s1. The normalized spacial score (nSPS) is 30.3. The Balaban J connectivity index is 1.68. The second kappa shape index (κ2) is 4.94. The lowest BCUT2D eigenvalue weighted by Gasteiger charge is -2.35. The van der Waals surface area contributed by atoms with Gasteiger partial charge >= 0.3 is 0 Å². The highest BCUT2D eigenvalue weighted by Crippen LogP contribution is 2.40. The Hall–Kier alpha value is -1.39. The summed E-state index contributed by atoms with van der Waals surface area (Å²) in [6.07, 6.45) is 3.48. The number of rotatable bonds is 3. The van der Waals surface area contributed by atoms with Gasteiger partial charge < -0.3 is 14.6 Å². The number of hydrogen-bond donors (Lipinski definition) is 1. The molecule has 2 aliphatic rings. The van der Waals surface area contributed by atoms with Crippen LogP contribution in [0.2, 0.25) is 0 Å². The van der Waals surface area contributed by atoms with Crippen molar-refractivity contribution < 1.29 is 19.4 Å². The molecule has 0 spiro atoms. The molecule has 1 aliphatic heterocycles. The number of ketones is 1. The van der Waals surface area contributed by atoms with Crippen molar-refractivity contribution in [2.75, 3.05) is 6.79 Å². The Morgan fingerprint density at radius 3 is 2.89 bits per heavy atom. The van der Waals surface area contributed by atoms with Crippen molar-refractivity contribution in [2.24, 2.45) is 0 Å². The smallest absolute Gasteiger partial charge is 0.148 e. The number of hydrogen-bond acceptors (Lipinski definition) is 4. The highest BCUT2D eigenvalue weighted by Gasteiger charge is 2.48. The lowest BCUT2D eigenvalue weighted by molar-refractivity contribution is -0.127. The first-order chi connectivity index (χ1) is 9.18. The molecule has 1 aliphatic carbocycles. The molecule has 19 heavy (non-hydrogen) atoms. The summed E-state index contributed by atoms with van der Waals surface area (Å²) in [5.74, 6) is 0.555. The van der Waals surface area contributed by atoms with Crippen molar-refractivity contribution in [1.82, 2.24) is 0 Å². The summed E-state index contributed by atoms with van der Waals surface area (Å²) >= 11 is 0. The van der Waals surface area contributed by atoms with E-state index in [0.29, 0.717) is 19.6 Å². The molecule has 1 saturated heterocycles. The van der Waals surface area contributed by atoms with Crippen molar-refractivity contribution >= 4 is 5.78 Å². The second-order valence-corrected chi connectivity index (χ2v) is 5.39. The number of benzene rings is 1. The van der Waals surface area contributed by atoms with E-state index in [-0.39, 0.29) is 23.2 Å². The zero-order chi connectivity index (χ0) is 13.3. The van der Waals surface area contributed by atoms with Crippen LogP contribution in [0.4, 0.5) is 0 Å². The fourth-order valence-corrected chi connectivity index (χ4v) is 2.99. The van der Waals surface area contributed by atoms with E-state index in [1.807, 2.05) is 12.1 Å². The predicted molar refractivity (Wildman–Crippen MR) is 68.8 cm³/mol. The molecule has 1 heterocycles. The minimum atomic E-state index is -0.286. The van der Waals surface area contributed by atoms with Gasteiger partial charge in [-0.2, -0.15) is 0 Å². The first-order valence-electron chi connectivity index (χ1n) is 6.73. The maximum absolute atomic E-state index is 11.5. The molecule has 1 aromatic rings. The Morgan fingerprint density at radius 1 is 1.32 bits per heavy atom. The average Bonchev–Trinajstić information content (AvgIpc) is 2.81. The van der Waals surface area contributed by atoms with Gasteiger partial charge in [0.15, 0.2) is 0 Å². The Bertz CT molecular complexity index is 468. The molecular weight excluding hydrogens is 244 g/mol. The maximum atomic E-state index is 11.5. The molecule has 1 unspecified atom stereocenters. The van der Waals surface area contributed by atoms with Crippen molar-refractivity contribution in [3.05, 3.63) is 29.8 Å². The fourth-order valence-electron chi connectivity index (χ4n) is 2.99. The zero-order valence-corrected chi connectivity index (χ0v) is 10.8. The van der Waals surface area contributed by atoms with Crippen LogP contribution >= 0.6 is 0 Å². The summed E-state index contributed by atoms with van der Waals surface area (Å²) in [7, 11) is 0. The minimum absolute atomic E-state index is 0.0779. The fraction of sp³-hybridized carbons (Fsp3) is 0.533. The molecule has 4 nitrogen and oxygen atoms in total. The van der Waals surface area contributed by atoms with E-state index in [9.17, 15) is 9.90 Å². The van der Waals surface area contributed by atoms with Crippen molar-refractivity contribution in [2.45, 2.75) is 43.8 Å². The number of carbonyl (C=O) groups excluding carboxylic acids is 1. The van der Waals surface area contributed by atoms with E-state index < -0.39 is 0 Å². The predicted octanol–water partition coefficient (Wildman–Crippen LogP) is 2.19. The van der Waals surface area contributed by atoms with E-state index in [4.69, 9.17) is 9.47 Å². The Kier molecular flexibility index (Phi) is 3.29. The first-order valence-corrected chi connectivity index (χ1v) is 6.73. The minimum Gasteiger partial charge on any atom is -0.508 e. The second-order valence-electron chi connectivity index (χ2n) is 5.39. The van der Waals surface area contributed by atoms with Crippen molar-refractivity contribution in [3.8, 4) is 5.75 Å². The van der Waals surface area contributed by atoms with Crippen LogP contribution in [-0.2, 0) is 20.7 Å². The number of Topliss-reactive ketones (excluding diaryl/α,β-unsaturated/α-hetero) is 1. The lowest BCUT2D eigenvalue weighted by Crippen LogP contribution is -2.45. The van der Waals surface area contributed by atoms with E-state index in [2.05, 4.69) is 0 Å². The number of ether oxygens (including phenoxy) is 2. The molecule has 1 aromatic carbocycles. The molecule has 0 aromatic heterocycles. The van der Waals surface area contributed by atoms with Gasteiger partial charge in [-0.3, -0.25) is 4.79 Å². The van der Waals surface area contributed by atoms with Crippen LogP contribution in [0.15, 0.2) is 24.3 Å². The van der Waals surface area contributed by atoms with Gasteiger partial charge in [-0.05, 0) is 37.0 Å². The third-order valence-electron chi connectivity index (χ3n) is 4.22. The van der Waals surface area contributed by atoms with Crippen LogP contribution in [0.1, 0.15) is 31.2 Å². The molecule has 2 fully saturated rings. The van der Waals surface area contributed by atoms with E-state index in [0.717, 1.165) is 19.3 Å². The van der Waals surface area contributed by atoms with Gasteiger partial charge in [0, 0.05) is 12.8 Å². The summed E-state index contributed by atoms with van der Waals surface area (Å²) in [6, 6.07) is 7.23. The summed E-state index contributed by atoms with van der Waals surface area (Å²) in [6.45, 7) is 0.299. The van der Waals surface area contributed by atoms with E-state index >= 15 is 0 Å². The molecule has 0 amide bonds. The summed E-state index contributed by atoms with van der Waals surface area (Å²) in [4.78, 5) is 11.5. The van der Waals surface area contributed by atoms with Crippen LogP contribution in [0.5, 0.6) is 5.75 Å². The van der Waals surface area contributed by atoms with Gasteiger partial charge in [-0.1, -0.05) is 12.1 Å². The molecule has 3 rings (SSSR count). The highest BCUT2D eigenvalue weighted by molar-refractivity contribution is 5.80. The molecule has 0 radical (unpaired) electrons. The number of aromatic hydroxyl groups is 1. The molecule has 1 saturated carbocycles. The number of aryl methyl sites for hydroxylation is 1. The molecule has 0 bridgehead atoms. The molecular formula is C15H18O4. The van der Waals surface area contributed by atoms with E-state index in [1.165, 1.54) is 5.56 Å². The topological polar surface area (TPSA) is 55.8 Å². The number of phenols is 1. The molecule has 2 atom stereocenters. The summed E-state index contributed by atoms with van der Waals surface area (Å²) in [5.41, 5.74) is 0.879. The van der Waals surface area contributed by atoms with Gasteiger partial charge in [0.05, 0.1) is 11.7 Å². The quantitative estimate of drug-likeness (QED) is 0.907.